The van der Waals surface area contributed by atoms with E-state index in [1.807, 2.05) is 30.3 Å². The number of H-pyrrole nitrogens is 1. The van der Waals surface area contributed by atoms with Crippen LogP contribution in [0.2, 0.25) is 5.02 Å². The Morgan fingerprint density at radius 1 is 1.15 bits per heavy atom. The van der Waals surface area contributed by atoms with E-state index in [2.05, 4.69) is 15.0 Å². The number of nitrogens with one attached hydrogen (secondary N) is 2. The smallest absolute Gasteiger partial charge is 0.313 e. The Labute approximate surface area is 160 Å². The predicted octanol–water partition coefficient (Wildman–Crippen LogP) is 3.77. The summed E-state index contributed by atoms with van der Waals surface area (Å²) in [4.78, 5) is 37.5. The van der Waals surface area contributed by atoms with Crippen LogP contribution in [-0.4, -0.2) is 23.3 Å². The van der Waals surface area contributed by atoms with Crippen molar-refractivity contribution in [2.45, 2.75) is 18.9 Å². The second kappa shape index (κ2) is 8.51. The third-order valence-corrected chi connectivity index (χ3v) is 4.39. The Morgan fingerprint density at radius 2 is 1.93 bits per heavy atom. The molecule has 0 saturated carbocycles. The van der Waals surface area contributed by atoms with E-state index in [-0.39, 0.29) is 18.8 Å². The first-order chi connectivity index (χ1) is 13.1. The van der Waals surface area contributed by atoms with Crippen molar-refractivity contribution in [3.05, 3.63) is 70.9 Å². The summed E-state index contributed by atoms with van der Waals surface area (Å²) in [5.41, 5.74) is 2.04. The number of ether oxygens (including phenoxy) is 1. The molecule has 1 atom stereocenters. The Balaban J connectivity index is 1.78. The number of esters is 1. The standard InChI is InChI=1S/C20H17ClN2O4/c21-15-6-7-17-14(10-15)11-18(22-17)20(26)23-16(8-9-19(25)27-12-24)13-4-2-1-3-5-13/h1-7,10-12,16,22H,8-9H2,(H,23,26). The van der Waals surface area contributed by atoms with E-state index in [1.54, 1.807) is 24.3 Å². The molecular formula is C20H17ClN2O4. The molecule has 0 aliphatic heterocycles. The normalized spacial score (nSPS) is 11.7. The number of rotatable bonds is 7. The van der Waals surface area contributed by atoms with E-state index in [0.29, 0.717) is 17.1 Å². The van der Waals surface area contributed by atoms with Gasteiger partial charge in [-0.3, -0.25) is 14.4 Å². The Kier molecular flexibility index (Phi) is 5.88. The molecule has 0 spiro atoms. The van der Waals surface area contributed by atoms with Crippen molar-refractivity contribution in [2.24, 2.45) is 0 Å². The Morgan fingerprint density at radius 3 is 2.67 bits per heavy atom. The van der Waals surface area contributed by atoms with Crippen LogP contribution < -0.4 is 5.32 Å². The molecule has 1 amide bonds. The van der Waals surface area contributed by atoms with Crippen LogP contribution in [0.25, 0.3) is 10.9 Å². The highest BCUT2D eigenvalue weighted by atomic mass is 35.5. The maximum atomic E-state index is 12.7. The highest BCUT2D eigenvalue weighted by Gasteiger charge is 2.19. The molecule has 138 valence electrons. The molecule has 2 aromatic carbocycles. The van der Waals surface area contributed by atoms with E-state index in [1.165, 1.54) is 0 Å². The number of hydrogen-bond donors (Lipinski definition) is 2. The average Bonchev–Trinajstić information content (AvgIpc) is 3.09. The van der Waals surface area contributed by atoms with E-state index in [0.717, 1.165) is 16.5 Å². The summed E-state index contributed by atoms with van der Waals surface area (Å²) in [6.07, 6.45) is 0.301. The van der Waals surface area contributed by atoms with Crippen molar-refractivity contribution >= 4 is 40.9 Å². The van der Waals surface area contributed by atoms with E-state index in [4.69, 9.17) is 11.6 Å². The summed E-state index contributed by atoms with van der Waals surface area (Å²) < 4.78 is 4.32. The number of amides is 1. The fraction of sp³-hybridized carbons (Fsp3) is 0.150. The molecule has 3 rings (SSSR count). The first-order valence-corrected chi connectivity index (χ1v) is 8.72. The largest absolute Gasteiger partial charge is 0.395 e. The minimum Gasteiger partial charge on any atom is -0.395 e. The molecule has 0 aliphatic carbocycles. The van der Waals surface area contributed by atoms with E-state index in [9.17, 15) is 14.4 Å². The minimum atomic E-state index is -0.638. The van der Waals surface area contributed by atoms with Crippen molar-refractivity contribution in [3.63, 3.8) is 0 Å². The third-order valence-electron chi connectivity index (χ3n) is 4.15. The summed E-state index contributed by atoms with van der Waals surface area (Å²) in [6.45, 7) is 0.105. The van der Waals surface area contributed by atoms with Crippen LogP contribution >= 0.6 is 11.6 Å². The number of hydrogen-bond acceptors (Lipinski definition) is 4. The van der Waals surface area contributed by atoms with Gasteiger partial charge in [0.2, 0.25) is 0 Å². The van der Waals surface area contributed by atoms with E-state index >= 15 is 0 Å². The van der Waals surface area contributed by atoms with Gasteiger partial charge >= 0.3 is 12.4 Å². The van der Waals surface area contributed by atoms with Gasteiger partial charge in [-0.1, -0.05) is 41.9 Å². The first kappa shape index (κ1) is 18.7. The van der Waals surface area contributed by atoms with Gasteiger partial charge in [0, 0.05) is 22.3 Å². The van der Waals surface area contributed by atoms with Crippen molar-refractivity contribution in [1.29, 1.82) is 0 Å². The van der Waals surface area contributed by atoms with Gasteiger partial charge in [0.15, 0.2) is 0 Å². The fourth-order valence-corrected chi connectivity index (χ4v) is 3.02. The zero-order valence-electron chi connectivity index (χ0n) is 14.3. The second-order valence-corrected chi connectivity index (χ2v) is 6.41. The van der Waals surface area contributed by atoms with Gasteiger partial charge in [0.25, 0.3) is 5.91 Å². The van der Waals surface area contributed by atoms with Crippen LogP contribution in [0.3, 0.4) is 0 Å². The van der Waals surface area contributed by atoms with Crippen LogP contribution in [0.5, 0.6) is 0 Å². The average molecular weight is 385 g/mol. The number of halogens is 1. The van der Waals surface area contributed by atoms with Crippen molar-refractivity contribution in [2.75, 3.05) is 0 Å². The fourth-order valence-electron chi connectivity index (χ4n) is 2.84. The van der Waals surface area contributed by atoms with Crippen LogP contribution in [0.1, 0.15) is 34.9 Å². The van der Waals surface area contributed by atoms with Gasteiger partial charge in [-0.2, -0.15) is 0 Å². The highest BCUT2D eigenvalue weighted by Crippen LogP contribution is 2.22. The molecule has 1 heterocycles. The SMILES string of the molecule is O=COC(=O)CCC(NC(=O)c1cc2cc(Cl)ccc2[nH]1)c1ccccc1. The summed E-state index contributed by atoms with van der Waals surface area (Å²) in [7, 11) is 0. The molecule has 1 aromatic heterocycles. The molecule has 0 radical (unpaired) electrons. The lowest BCUT2D eigenvalue weighted by Gasteiger charge is -2.18. The number of carbonyl (C=O) groups excluding carboxylic acids is 3. The van der Waals surface area contributed by atoms with Crippen molar-refractivity contribution in [1.82, 2.24) is 10.3 Å². The predicted molar refractivity (Wildman–Crippen MR) is 101 cm³/mol. The van der Waals surface area contributed by atoms with Crippen LogP contribution in [0.15, 0.2) is 54.6 Å². The number of aromatic nitrogens is 1. The van der Waals surface area contributed by atoms with Gasteiger partial charge < -0.3 is 15.0 Å². The van der Waals surface area contributed by atoms with Crippen LogP contribution in [0, 0.1) is 0 Å². The molecule has 0 saturated heterocycles. The molecule has 27 heavy (non-hydrogen) atoms. The Bertz CT molecular complexity index is 969. The molecule has 2 N–H and O–H groups in total. The maximum absolute atomic E-state index is 12.7. The van der Waals surface area contributed by atoms with Gasteiger partial charge in [-0.15, -0.1) is 0 Å². The number of benzene rings is 2. The third kappa shape index (κ3) is 4.74. The molecule has 7 heteroatoms. The monoisotopic (exact) mass is 384 g/mol. The lowest BCUT2D eigenvalue weighted by Crippen LogP contribution is -2.29. The van der Waals surface area contributed by atoms with Crippen molar-refractivity contribution < 1.29 is 19.1 Å². The van der Waals surface area contributed by atoms with Crippen molar-refractivity contribution in [3.8, 4) is 0 Å². The van der Waals surface area contributed by atoms with E-state index < -0.39 is 12.0 Å². The summed E-state index contributed by atoms with van der Waals surface area (Å²) in [5.74, 6) is -0.944. The molecule has 3 aromatic rings. The first-order valence-electron chi connectivity index (χ1n) is 8.34. The lowest BCUT2D eigenvalue weighted by molar-refractivity contribution is -0.151. The zero-order chi connectivity index (χ0) is 19.2. The highest BCUT2D eigenvalue weighted by molar-refractivity contribution is 6.31. The molecule has 1 unspecified atom stereocenters. The Hall–Kier alpha value is -3.12. The summed E-state index contributed by atoms with van der Waals surface area (Å²) >= 11 is 5.99. The van der Waals surface area contributed by atoms with Gasteiger partial charge in [-0.05, 0) is 36.2 Å². The quantitative estimate of drug-likeness (QED) is 0.368. The van der Waals surface area contributed by atoms with Crippen LogP contribution in [0.4, 0.5) is 0 Å². The number of aromatic amines is 1. The minimum absolute atomic E-state index is 0.000884. The maximum Gasteiger partial charge on any atom is 0.313 e. The van der Waals surface area contributed by atoms with Crippen LogP contribution in [-0.2, 0) is 14.3 Å². The molecule has 0 aliphatic rings. The molecule has 6 nitrogen and oxygen atoms in total. The van der Waals surface area contributed by atoms with Gasteiger partial charge in [0.05, 0.1) is 6.04 Å². The number of carbonyl (C=O) groups is 3. The lowest BCUT2D eigenvalue weighted by atomic mass is 10.0. The summed E-state index contributed by atoms with van der Waals surface area (Å²) in [6, 6.07) is 15.9. The molecule has 0 bridgehead atoms. The molecular weight excluding hydrogens is 368 g/mol. The summed E-state index contributed by atoms with van der Waals surface area (Å²) in [5, 5.41) is 4.34. The topological polar surface area (TPSA) is 88.3 Å². The second-order valence-electron chi connectivity index (χ2n) is 5.98. The zero-order valence-corrected chi connectivity index (χ0v) is 15.0. The molecule has 0 fully saturated rings. The number of fused-ring (bicyclic) bond motifs is 1. The van der Waals surface area contributed by atoms with Gasteiger partial charge in [0.1, 0.15) is 5.69 Å². The van der Waals surface area contributed by atoms with Gasteiger partial charge in [-0.25, -0.2) is 0 Å².